The third-order valence-corrected chi connectivity index (χ3v) is 1.61. The van der Waals surface area contributed by atoms with Gasteiger partial charge in [0.1, 0.15) is 0 Å². The Morgan fingerprint density at radius 1 is 1.40 bits per heavy atom. The maximum Gasteiger partial charge on any atom is 0.223 e. The van der Waals surface area contributed by atoms with Crippen molar-refractivity contribution in [1.82, 2.24) is 0 Å². The lowest BCUT2D eigenvalue weighted by atomic mass is 10.1. The third kappa shape index (κ3) is 0.809. The van der Waals surface area contributed by atoms with Gasteiger partial charge in [-0.2, -0.15) is 0 Å². The van der Waals surface area contributed by atoms with Crippen LogP contribution in [0.2, 0.25) is 0 Å². The third-order valence-electron chi connectivity index (χ3n) is 1.44. The quantitative estimate of drug-likeness (QED) is 0.474. The zero-order chi connectivity index (χ0) is 6.97. The van der Waals surface area contributed by atoms with E-state index < -0.39 is 0 Å². The predicted octanol–water partition coefficient (Wildman–Crippen LogP) is 1.88. The molecule has 3 heteroatoms. The molecule has 0 bridgehead atoms. The minimum absolute atomic E-state index is 0.352. The minimum Gasteiger partial charge on any atom is -0.220 e. The van der Waals surface area contributed by atoms with E-state index in [2.05, 4.69) is 9.98 Å². The van der Waals surface area contributed by atoms with Gasteiger partial charge in [-0.15, -0.1) is 0 Å². The highest BCUT2D eigenvalue weighted by Gasteiger charge is 2.14. The summed E-state index contributed by atoms with van der Waals surface area (Å²) in [5.74, 6) is 0. The molecule has 2 aliphatic rings. The maximum atomic E-state index is 5.58. The number of amidine groups is 1. The first-order valence-electron chi connectivity index (χ1n) is 3.05. The van der Waals surface area contributed by atoms with Crippen molar-refractivity contribution in [2.24, 2.45) is 9.98 Å². The number of nitrogens with zero attached hydrogens (tertiary/aromatic N) is 2. The van der Waals surface area contributed by atoms with E-state index in [4.69, 9.17) is 11.6 Å². The second-order valence-corrected chi connectivity index (χ2v) is 2.46. The summed E-state index contributed by atoms with van der Waals surface area (Å²) < 4.78 is 0. The van der Waals surface area contributed by atoms with Crippen molar-refractivity contribution in [2.45, 2.75) is 6.42 Å². The van der Waals surface area contributed by atoms with Crippen LogP contribution in [0, 0.1) is 0 Å². The predicted molar refractivity (Wildman–Crippen MR) is 42.6 cm³/mol. The molecule has 0 atom stereocenters. The molecule has 0 fully saturated rings. The molecule has 0 spiro atoms. The van der Waals surface area contributed by atoms with Gasteiger partial charge in [-0.05, 0) is 17.7 Å². The highest BCUT2D eigenvalue weighted by Crippen LogP contribution is 2.18. The van der Waals surface area contributed by atoms with Gasteiger partial charge in [0.15, 0.2) is 0 Å². The lowest BCUT2D eigenvalue weighted by Crippen LogP contribution is -1.97. The molecular weight excluding hydrogens is 148 g/mol. The van der Waals surface area contributed by atoms with Crippen molar-refractivity contribution in [1.29, 1.82) is 0 Å². The second kappa shape index (κ2) is 2.06. The molecule has 2 rings (SSSR count). The van der Waals surface area contributed by atoms with Crippen LogP contribution in [0.4, 0.5) is 0 Å². The molecule has 0 saturated carbocycles. The molecule has 0 aromatic heterocycles. The minimum atomic E-state index is 0.352. The van der Waals surface area contributed by atoms with Gasteiger partial charge in [0.05, 0.1) is 11.4 Å². The van der Waals surface area contributed by atoms with Gasteiger partial charge < -0.3 is 0 Å². The fourth-order valence-electron chi connectivity index (χ4n) is 0.980. The Morgan fingerprint density at radius 2 is 2.30 bits per heavy atom. The molecule has 0 aromatic rings. The van der Waals surface area contributed by atoms with Gasteiger partial charge in [0, 0.05) is 6.42 Å². The summed E-state index contributed by atoms with van der Waals surface area (Å²) in [4.78, 5) is 8.02. The Hall–Kier alpha value is -0.890. The molecule has 0 unspecified atom stereocenters. The number of hydrogen-bond acceptors (Lipinski definition) is 2. The van der Waals surface area contributed by atoms with Gasteiger partial charge >= 0.3 is 0 Å². The fourth-order valence-corrected chi connectivity index (χ4v) is 1.17. The first-order valence-corrected chi connectivity index (χ1v) is 3.43. The Balaban J connectivity index is 2.45. The van der Waals surface area contributed by atoms with Crippen LogP contribution in [0.1, 0.15) is 6.42 Å². The molecule has 1 aliphatic carbocycles. The molecule has 0 saturated heterocycles. The number of halogens is 1. The summed E-state index contributed by atoms with van der Waals surface area (Å²) in [6.07, 6.45) is 6.77. The largest absolute Gasteiger partial charge is 0.223 e. The zero-order valence-electron chi connectivity index (χ0n) is 5.21. The Bertz CT molecular complexity index is 284. The van der Waals surface area contributed by atoms with Crippen LogP contribution in [0.3, 0.4) is 0 Å². The molecule has 2 nitrogen and oxygen atoms in total. The van der Waals surface area contributed by atoms with E-state index in [0.29, 0.717) is 5.29 Å². The van der Waals surface area contributed by atoms with E-state index in [1.54, 1.807) is 0 Å². The first kappa shape index (κ1) is 5.86. The number of fused-ring (bicyclic) bond motifs is 1. The van der Waals surface area contributed by atoms with Crippen LogP contribution >= 0.6 is 11.6 Å². The molecule has 50 valence electrons. The normalized spacial score (nSPS) is 21.5. The summed E-state index contributed by atoms with van der Waals surface area (Å²) >= 11 is 5.58. The lowest BCUT2D eigenvalue weighted by Gasteiger charge is -1.99. The number of allylic oxidation sites excluding steroid dienone is 4. The van der Waals surface area contributed by atoms with Crippen molar-refractivity contribution >= 4 is 22.6 Å². The van der Waals surface area contributed by atoms with Crippen molar-refractivity contribution in [2.75, 3.05) is 0 Å². The Labute approximate surface area is 63.6 Å². The Kier molecular flexibility index (Phi) is 1.21. The van der Waals surface area contributed by atoms with Crippen LogP contribution in [-0.4, -0.2) is 11.0 Å². The standard InChI is InChI=1S/C7H5ClN2/c8-7-9-5-3-1-2-4-6(5)10-7/h1-3H,4H2. The first-order chi connectivity index (χ1) is 4.86. The van der Waals surface area contributed by atoms with Crippen molar-refractivity contribution < 1.29 is 0 Å². The van der Waals surface area contributed by atoms with E-state index >= 15 is 0 Å². The Morgan fingerprint density at radius 3 is 3.10 bits per heavy atom. The molecular formula is C7H5ClN2. The van der Waals surface area contributed by atoms with E-state index in [9.17, 15) is 0 Å². The van der Waals surface area contributed by atoms with Gasteiger partial charge in [-0.25, -0.2) is 9.98 Å². The fraction of sp³-hybridized carbons (Fsp3) is 0.143. The smallest absolute Gasteiger partial charge is 0.220 e. The molecule has 1 heterocycles. The zero-order valence-corrected chi connectivity index (χ0v) is 5.97. The van der Waals surface area contributed by atoms with E-state index in [-0.39, 0.29) is 0 Å². The van der Waals surface area contributed by atoms with Crippen molar-refractivity contribution in [3.8, 4) is 0 Å². The summed E-state index contributed by atoms with van der Waals surface area (Å²) in [7, 11) is 0. The molecule has 0 amide bonds. The summed E-state index contributed by atoms with van der Waals surface area (Å²) in [5, 5.41) is 0.352. The lowest BCUT2D eigenvalue weighted by molar-refractivity contribution is 1.37. The second-order valence-electron chi connectivity index (χ2n) is 2.12. The van der Waals surface area contributed by atoms with Crippen molar-refractivity contribution in [3.63, 3.8) is 0 Å². The number of rotatable bonds is 0. The van der Waals surface area contributed by atoms with Crippen molar-refractivity contribution in [3.05, 3.63) is 23.9 Å². The average Bonchev–Trinajstić information content (AvgIpc) is 2.27. The van der Waals surface area contributed by atoms with Crippen LogP contribution in [-0.2, 0) is 0 Å². The summed E-state index contributed by atoms with van der Waals surface area (Å²) in [5.41, 5.74) is 1.89. The van der Waals surface area contributed by atoms with Gasteiger partial charge in [0.25, 0.3) is 0 Å². The monoisotopic (exact) mass is 152 g/mol. The molecule has 0 aromatic carbocycles. The number of hydrogen-bond donors (Lipinski definition) is 0. The van der Waals surface area contributed by atoms with Crippen LogP contribution in [0.5, 0.6) is 0 Å². The van der Waals surface area contributed by atoms with Gasteiger partial charge in [0.2, 0.25) is 5.29 Å². The highest BCUT2D eigenvalue weighted by molar-refractivity contribution is 6.66. The van der Waals surface area contributed by atoms with E-state index in [1.165, 1.54) is 0 Å². The SMILES string of the molecule is ClC1=NC2=CC=CCC2=N1. The van der Waals surface area contributed by atoms with Gasteiger partial charge in [-0.3, -0.25) is 0 Å². The molecule has 1 aliphatic heterocycles. The van der Waals surface area contributed by atoms with Crippen LogP contribution in [0.15, 0.2) is 33.9 Å². The summed E-state index contributed by atoms with van der Waals surface area (Å²) in [6, 6.07) is 0. The van der Waals surface area contributed by atoms with E-state index in [0.717, 1.165) is 17.8 Å². The molecule has 0 radical (unpaired) electrons. The topological polar surface area (TPSA) is 24.7 Å². The molecule has 10 heavy (non-hydrogen) atoms. The highest BCUT2D eigenvalue weighted by atomic mass is 35.5. The van der Waals surface area contributed by atoms with E-state index in [1.807, 2.05) is 18.2 Å². The van der Waals surface area contributed by atoms with Gasteiger partial charge in [-0.1, -0.05) is 12.2 Å². The average molecular weight is 153 g/mol. The van der Waals surface area contributed by atoms with Crippen LogP contribution < -0.4 is 0 Å². The van der Waals surface area contributed by atoms with Crippen LogP contribution in [0.25, 0.3) is 0 Å². The molecule has 0 N–H and O–H groups in total. The maximum absolute atomic E-state index is 5.58. The summed E-state index contributed by atoms with van der Waals surface area (Å²) in [6.45, 7) is 0. The number of aliphatic imine (C=N–C) groups is 2.